The molecule has 1 N–H and O–H groups in total. The number of hydrogen-bond donors (Lipinski definition) is 1. The molecule has 4 heterocycles. The number of rotatable bonds is 8. The first-order valence-electron chi connectivity index (χ1n) is 15.3. The SMILES string of the molecule is CC(C)(C)OC(=O)Nc1cc(Cl)c(Cl)c2c1c(-c1cnn(C3CCCCO3)c1)cn2-c1cn(CCO[Si](C)(C)C(C)(C)C)nn1. The zero-order chi connectivity index (χ0) is 32.7. The fourth-order valence-corrected chi connectivity index (χ4v) is 6.44. The molecule has 1 atom stereocenters. The van der Waals surface area contributed by atoms with E-state index in [-0.39, 0.29) is 16.3 Å². The van der Waals surface area contributed by atoms with Crippen LogP contribution < -0.4 is 5.32 Å². The first-order chi connectivity index (χ1) is 21.0. The van der Waals surface area contributed by atoms with Gasteiger partial charge in [-0.15, -0.1) is 5.10 Å². The maximum absolute atomic E-state index is 13.0. The number of amides is 1. The number of aromatic nitrogens is 6. The Balaban J connectivity index is 1.56. The van der Waals surface area contributed by atoms with Gasteiger partial charge in [-0.2, -0.15) is 5.10 Å². The van der Waals surface area contributed by atoms with E-state index in [1.165, 1.54) is 0 Å². The molecular formula is C31H43Cl2N7O4Si. The molecule has 5 rings (SSSR count). The van der Waals surface area contributed by atoms with Crippen molar-refractivity contribution >= 4 is 54.2 Å². The molecule has 1 amide bonds. The zero-order valence-electron chi connectivity index (χ0n) is 27.3. The average Bonchev–Trinajstić information content (AvgIpc) is 3.69. The van der Waals surface area contributed by atoms with Crippen molar-refractivity contribution in [3.63, 3.8) is 0 Å². The molecule has 4 aromatic rings. The lowest BCUT2D eigenvalue weighted by Gasteiger charge is -2.36. The summed E-state index contributed by atoms with van der Waals surface area (Å²) in [5.41, 5.74) is 1.90. The third-order valence-corrected chi connectivity index (χ3v) is 13.6. The Hall–Kier alpha value is -2.90. The van der Waals surface area contributed by atoms with Crippen molar-refractivity contribution < 1.29 is 18.7 Å². The van der Waals surface area contributed by atoms with Crippen molar-refractivity contribution in [2.24, 2.45) is 0 Å². The van der Waals surface area contributed by atoms with Gasteiger partial charge in [0.05, 0.1) is 46.8 Å². The highest BCUT2D eigenvalue weighted by molar-refractivity contribution is 6.74. The highest BCUT2D eigenvalue weighted by Crippen LogP contribution is 2.44. The Kier molecular flexibility index (Phi) is 9.45. The normalized spacial score (nSPS) is 16.4. The molecule has 1 unspecified atom stereocenters. The molecule has 14 heteroatoms. The molecule has 0 radical (unpaired) electrons. The van der Waals surface area contributed by atoms with Crippen LogP contribution >= 0.6 is 23.2 Å². The molecule has 45 heavy (non-hydrogen) atoms. The summed E-state index contributed by atoms with van der Waals surface area (Å²) < 4.78 is 23.3. The van der Waals surface area contributed by atoms with Gasteiger partial charge in [0, 0.05) is 35.5 Å². The number of nitrogens with one attached hydrogen (secondary N) is 1. The Morgan fingerprint density at radius 3 is 2.56 bits per heavy atom. The fraction of sp³-hybridized carbons (Fsp3) is 0.548. The number of halogens is 2. The van der Waals surface area contributed by atoms with Crippen LogP contribution in [0.1, 0.15) is 67.0 Å². The van der Waals surface area contributed by atoms with E-state index >= 15 is 0 Å². The first kappa shape index (κ1) is 33.5. The zero-order valence-corrected chi connectivity index (χ0v) is 29.8. The van der Waals surface area contributed by atoms with Gasteiger partial charge < -0.3 is 13.9 Å². The van der Waals surface area contributed by atoms with Crippen LogP contribution in [0.4, 0.5) is 10.5 Å². The molecule has 244 valence electrons. The monoisotopic (exact) mass is 675 g/mol. The second-order valence-corrected chi connectivity index (χ2v) is 19.6. The van der Waals surface area contributed by atoms with E-state index in [9.17, 15) is 4.79 Å². The summed E-state index contributed by atoms with van der Waals surface area (Å²) in [7, 11) is -1.91. The predicted octanol–water partition coefficient (Wildman–Crippen LogP) is 8.46. The molecule has 0 saturated carbocycles. The van der Waals surface area contributed by atoms with Crippen LogP contribution in [0.2, 0.25) is 28.2 Å². The van der Waals surface area contributed by atoms with E-state index in [1.54, 1.807) is 37.7 Å². The summed E-state index contributed by atoms with van der Waals surface area (Å²) in [4.78, 5) is 13.0. The van der Waals surface area contributed by atoms with Crippen LogP contribution in [-0.4, -0.2) is 62.6 Å². The number of ether oxygens (including phenoxy) is 2. The summed E-state index contributed by atoms with van der Waals surface area (Å²) in [5, 5.41) is 17.7. The third-order valence-electron chi connectivity index (χ3n) is 8.32. The minimum Gasteiger partial charge on any atom is -0.444 e. The lowest BCUT2D eigenvalue weighted by Crippen LogP contribution is -2.41. The number of carbonyl (C=O) groups is 1. The number of hydrogen-bond acceptors (Lipinski definition) is 7. The standard InChI is InChI=1S/C31H43Cl2N7O4Si/c1-30(2,3)44-29(41)35-23-15-22(32)27(33)28-26(23)21(20-16-34-40(17-20)25-11-9-10-13-42-25)18-39(28)24-19-38(37-36-24)12-14-43-45(7,8)31(4,5)6/h15-19,25H,9-14H2,1-8H3,(H,35,41). The summed E-state index contributed by atoms with van der Waals surface area (Å²) in [6, 6.07) is 1.63. The van der Waals surface area contributed by atoms with Crippen molar-refractivity contribution in [2.75, 3.05) is 18.5 Å². The van der Waals surface area contributed by atoms with Crippen LogP contribution in [0.25, 0.3) is 27.8 Å². The molecule has 1 fully saturated rings. The number of nitrogens with zero attached hydrogens (tertiary/aromatic N) is 6. The number of fused-ring (bicyclic) bond motifs is 1. The second-order valence-electron chi connectivity index (χ2n) is 14.0. The minimum atomic E-state index is -1.91. The summed E-state index contributed by atoms with van der Waals surface area (Å²) in [6.07, 6.45) is 9.75. The van der Waals surface area contributed by atoms with Crippen molar-refractivity contribution in [3.05, 3.63) is 40.9 Å². The number of carbonyl (C=O) groups excluding carboxylic acids is 1. The highest BCUT2D eigenvalue weighted by atomic mass is 35.5. The minimum absolute atomic E-state index is 0.110. The van der Waals surface area contributed by atoms with Gasteiger partial charge in [-0.05, 0) is 64.2 Å². The summed E-state index contributed by atoms with van der Waals surface area (Å²) >= 11 is 13.6. The van der Waals surface area contributed by atoms with E-state index in [1.807, 2.05) is 27.8 Å². The van der Waals surface area contributed by atoms with E-state index in [2.05, 4.69) is 54.6 Å². The van der Waals surface area contributed by atoms with E-state index in [0.717, 1.165) is 30.4 Å². The average molecular weight is 677 g/mol. The van der Waals surface area contributed by atoms with Gasteiger partial charge in [-0.1, -0.05) is 49.2 Å². The Morgan fingerprint density at radius 2 is 1.89 bits per heavy atom. The van der Waals surface area contributed by atoms with Crippen LogP contribution in [0.15, 0.2) is 30.9 Å². The molecule has 1 aliphatic heterocycles. The van der Waals surface area contributed by atoms with Crippen LogP contribution in [0.5, 0.6) is 0 Å². The van der Waals surface area contributed by atoms with Gasteiger partial charge in [-0.25, -0.2) is 14.2 Å². The molecule has 1 aromatic carbocycles. The second kappa shape index (κ2) is 12.7. The van der Waals surface area contributed by atoms with Crippen molar-refractivity contribution in [2.45, 2.75) is 97.3 Å². The third kappa shape index (κ3) is 7.41. The van der Waals surface area contributed by atoms with E-state index in [4.69, 9.17) is 37.1 Å². The highest BCUT2D eigenvalue weighted by Gasteiger charge is 2.37. The van der Waals surface area contributed by atoms with Gasteiger partial charge in [0.1, 0.15) is 11.8 Å². The van der Waals surface area contributed by atoms with E-state index < -0.39 is 20.0 Å². The van der Waals surface area contributed by atoms with Crippen LogP contribution in [0.3, 0.4) is 0 Å². The molecule has 0 spiro atoms. The predicted molar refractivity (Wildman–Crippen MR) is 180 cm³/mol. The van der Waals surface area contributed by atoms with Gasteiger partial charge >= 0.3 is 6.09 Å². The Bertz CT molecular complexity index is 1680. The molecule has 11 nitrogen and oxygen atoms in total. The quantitative estimate of drug-likeness (QED) is 0.187. The molecular weight excluding hydrogens is 633 g/mol. The lowest BCUT2D eigenvalue weighted by atomic mass is 10.1. The van der Waals surface area contributed by atoms with Gasteiger partial charge in [0.15, 0.2) is 14.1 Å². The van der Waals surface area contributed by atoms with Crippen molar-refractivity contribution in [1.82, 2.24) is 29.3 Å². The molecule has 0 aliphatic carbocycles. The molecule has 1 saturated heterocycles. The molecule has 1 aliphatic rings. The lowest BCUT2D eigenvalue weighted by molar-refractivity contribution is -0.0394. The molecule has 0 bridgehead atoms. The van der Waals surface area contributed by atoms with Gasteiger partial charge in [0.2, 0.25) is 0 Å². The van der Waals surface area contributed by atoms with Crippen molar-refractivity contribution in [3.8, 4) is 16.9 Å². The summed E-state index contributed by atoms with van der Waals surface area (Å²) in [6.45, 7) is 18.3. The van der Waals surface area contributed by atoms with Gasteiger partial charge in [-0.3, -0.25) is 9.88 Å². The fourth-order valence-electron chi connectivity index (χ4n) is 4.97. The Labute approximate surface area is 275 Å². The van der Waals surface area contributed by atoms with Crippen molar-refractivity contribution in [1.29, 1.82) is 0 Å². The largest absolute Gasteiger partial charge is 0.444 e. The Morgan fingerprint density at radius 1 is 1.13 bits per heavy atom. The first-order valence-corrected chi connectivity index (χ1v) is 18.9. The summed E-state index contributed by atoms with van der Waals surface area (Å²) in [5.74, 6) is 0.536. The van der Waals surface area contributed by atoms with Crippen LogP contribution in [-0.2, 0) is 20.4 Å². The van der Waals surface area contributed by atoms with Crippen LogP contribution in [0, 0.1) is 0 Å². The topological polar surface area (TPSA) is 110 Å². The van der Waals surface area contributed by atoms with E-state index in [0.29, 0.717) is 47.2 Å². The number of benzene rings is 1. The molecule has 3 aromatic heterocycles. The maximum atomic E-state index is 13.0. The van der Waals surface area contributed by atoms with Gasteiger partial charge in [0.25, 0.3) is 0 Å². The number of anilines is 1. The smallest absolute Gasteiger partial charge is 0.412 e. The maximum Gasteiger partial charge on any atom is 0.412 e.